The van der Waals surface area contributed by atoms with Crippen LogP contribution in [0, 0.1) is 59.2 Å². The molecular weight excluding hydrogens is 324 g/mol. The number of rotatable bonds is 2. The van der Waals surface area contributed by atoms with Gasteiger partial charge in [0.05, 0.1) is 0 Å². The maximum absolute atomic E-state index is 2.65. The van der Waals surface area contributed by atoms with Gasteiger partial charge in [0.2, 0.25) is 0 Å². The van der Waals surface area contributed by atoms with Gasteiger partial charge >= 0.3 is 0 Å². The lowest BCUT2D eigenvalue weighted by molar-refractivity contribution is 0.153. The van der Waals surface area contributed by atoms with Crippen LogP contribution < -0.4 is 0 Å². The maximum atomic E-state index is 2.65. The summed E-state index contributed by atoms with van der Waals surface area (Å²) in [5.41, 5.74) is 0. The molecule has 0 aliphatic heterocycles. The molecule has 0 amide bonds. The largest absolute Gasteiger partial charge is 0.0620 e. The van der Waals surface area contributed by atoms with E-state index >= 15 is 0 Å². The minimum atomic E-state index is 0.980. The summed E-state index contributed by atoms with van der Waals surface area (Å²) in [4.78, 5) is 0. The molecule has 10 unspecified atom stereocenters. The zero-order valence-electron chi connectivity index (χ0n) is 19.0. The molecule has 0 heteroatoms. The molecule has 0 radical (unpaired) electrons. The van der Waals surface area contributed by atoms with Crippen molar-refractivity contribution in [2.24, 2.45) is 59.2 Å². The molecule has 0 aromatic rings. The van der Waals surface area contributed by atoms with E-state index in [4.69, 9.17) is 0 Å². The van der Waals surface area contributed by atoms with E-state index in [0.29, 0.717) is 0 Å². The van der Waals surface area contributed by atoms with E-state index in [-0.39, 0.29) is 0 Å². The number of hydrogen-bond acceptors (Lipinski definition) is 0. The van der Waals surface area contributed by atoms with Gasteiger partial charge < -0.3 is 0 Å². The summed E-state index contributed by atoms with van der Waals surface area (Å²) in [6.07, 6.45) is 20.0. The van der Waals surface area contributed by atoms with Gasteiger partial charge in [-0.15, -0.1) is 0 Å². The van der Waals surface area contributed by atoms with Gasteiger partial charge in [-0.1, -0.05) is 79.1 Å². The third kappa shape index (κ3) is 3.90. The Morgan fingerprint density at radius 3 is 1.11 bits per heavy atom. The fourth-order valence-electron chi connectivity index (χ4n) is 8.88. The van der Waals surface area contributed by atoms with Crippen LogP contribution in [0.25, 0.3) is 0 Å². The van der Waals surface area contributed by atoms with Crippen molar-refractivity contribution in [1.82, 2.24) is 0 Å². The van der Waals surface area contributed by atoms with Gasteiger partial charge in [-0.2, -0.15) is 0 Å². The van der Waals surface area contributed by atoms with Crippen molar-refractivity contribution >= 4 is 0 Å². The van der Waals surface area contributed by atoms with Gasteiger partial charge in [0, 0.05) is 0 Å². The van der Waals surface area contributed by atoms with E-state index in [0.717, 1.165) is 59.2 Å². The fourth-order valence-corrected chi connectivity index (χ4v) is 8.88. The second-order valence-electron chi connectivity index (χ2n) is 11.6. The van der Waals surface area contributed by atoms with E-state index in [2.05, 4.69) is 27.7 Å². The summed E-state index contributed by atoms with van der Waals surface area (Å²) < 4.78 is 0. The fraction of sp³-hybridized carbons (Fsp3) is 1.00. The molecule has 0 aromatic carbocycles. The first kappa shape index (κ1) is 20.3. The van der Waals surface area contributed by atoms with Crippen molar-refractivity contribution in [3.63, 3.8) is 0 Å². The molecule has 0 heterocycles. The summed E-state index contributed by atoms with van der Waals surface area (Å²) in [5.74, 6) is 10.3. The maximum Gasteiger partial charge on any atom is -0.0352 e. The number of hydrogen-bond donors (Lipinski definition) is 0. The Labute approximate surface area is 170 Å². The monoisotopic (exact) mass is 372 g/mol. The Balaban J connectivity index is 1.52. The van der Waals surface area contributed by atoms with E-state index < -0.39 is 0 Å². The standard InChI is InChI=1S/C27H48/c1-18-20(3)26(24-15-11-7-5-9-13-22(18)24)17-27-21(4)19(2)23-14-10-6-8-12-16-25(23)27/h18-27H,5-17H2,1-4H3. The Kier molecular flexibility index (Phi) is 6.60. The van der Waals surface area contributed by atoms with Crippen LogP contribution >= 0.6 is 0 Å². The normalized spacial score (nSPS) is 51.6. The van der Waals surface area contributed by atoms with Crippen LogP contribution in [0.2, 0.25) is 0 Å². The number of fused-ring (bicyclic) bond motifs is 2. The molecule has 27 heavy (non-hydrogen) atoms. The lowest BCUT2D eigenvalue weighted by Crippen LogP contribution is -2.26. The van der Waals surface area contributed by atoms with Crippen LogP contribution in [-0.2, 0) is 0 Å². The lowest BCUT2D eigenvalue weighted by atomic mass is 9.71. The Hall–Kier alpha value is 0. The summed E-state index contributed by atoms with van der Waals surface area (Å²) in [6.45, 7) is 10.6. The molecular formula is C27H48. The van der Waals surface area contributed by atoms with Crippen LogP contribution in [0.4, 0.5) is 0 Å². The molecule has 0 nitrogen and oxygen atoms in total. The van der Waals surface area contributed by atoms with Gasteiger partial charge in [0.25, 0.3) is 0 Å². The molecule has 4 rings (SSSR count). The van der Waals surface area contributed by atoms with Crippen molar-refractivity contribution in [3.8, 4) is 0 Å². The molecule has 0 N–H and O–H groups in total. The summed E-state index contributed by atoms with van der Waals surface area (Å²) in [5, 5.41) is 0. The Morgan fingerprint density at radius 1 is 0.407 bits per heavy atom. The van der Waals surface area contributed by atoms with Crippen molar-refractivity contribution < 1.29 is 0 Å². The van der Waals surface area contributed by atoms with E-state index in [1.807, 2.05) is 0 Å². The van der Waals surface area contributed by atoms with Gasteiger partial charge in [0.1, 0.15) is 0 Å². The average Bonchev–Trinajstić information content (AvgIpc) is 2.94. The predicted octanol–water partition coefficient (Wildman–Crippen LogP) is 8.35. The van der Waals surface area contributed by atoms with Crippen molar-refractivity contribution in [2.75, 3.05) is 0 Å². The van der Waals surface area contributed by atoms with E-state index in [1.54, 1.807) is 32.1 Å². The molecule has 4 aliphatic carbocycles. The van der Waals surface area contributed by atoms with Crippen LogP contribution in [0.3, 0.4) is 0 Å². The first-order chi connectivity index (χ1) is 13.1. The summed E-state index contributed by atoms with van der Waals surface area (Å²) >= 11 is 0. The highest BCUT2D eigenvalue weighted by atomic mass is 14.6. The molecule has 0 spiro atoms. The SMILES string of the molecule is CC1C(C)C(CC2C(C)C(C)C3CCCCCCC32)C2CCCCCCC12. The Bertz CT molecular complexity index is 425. The molecule has 4 fully saturated rings. The van der Waals surface area contributed by atoms with Gasteiger partial charge in [-0.25, -0.2) is 0 Å². The molecule has 4 saturated carbocycles. The third-order valence-electron chi connectivity index (χ3n) is 10.8. The highest BCUT2D eigenvalue weighted by Gasteiger charge is 2.51. The molecule has 0 bridgehead atoms. The topological polar surface area (TPSA) is 0 Å². The zero-order chi connectivity index (χ0) is 19.0. The average molecular weight is 373 g/mol. The second-order valence-corrected chi connectivity index (χ2v) is 11.6. The van der Waals surface area contributed by atoms with E-state index in [1.165, 1.54) is 51.4 Å². The van der Waals surface area contributed by atoms with Gasteiger partial charge in [-0.05, 0) is 91.3 Å². The second kappa shape index (κ2) is 8.79. The molecule has 10 atom stereocenters. The van der Waals surface area contributed by atoms with Crippen LogP contribution in [-0.4, -0.2) is 0 Å². The highest BCUT2D eigenvalue weighted by Crippen LogP contribution is 2.58. The quantitative estimate of drug-likeness (QED) is 0.457. The molecule has 4 aliphatic rings. The van der Waals surface area contributed by atoms with Gasteiger partial charge in [-0.3, -0.25) is 0 Å². The first-order valence-electron chi connectivity index (χ1n) is 13.1. The van der Waals surface area contributed by atoms with Crippen molar-refractivity contribution in [3.05, 3.63) is 0 Å². The van der Waals surface area contributed by atoms with Crippen molar-refractivity contribution in [2.45, 2.75) is 111 Å². The van der Waals surface area contributed by atoms with Crippen molar-refractivity contribution in [1.29, 1.82) is 0 Å². The van der Waals surface area contributed by atoms with Crippen LogP contribution in [0.1, 0.15) is 111 Å². The molecule has 0 saturated heterocycles. The lowest BCUT2D eigenvalue weighted by Gasteiger charge is -2.34. The summed E-state index contributed by atoms with van der Waals surface area (Å²) in [7, 11) is 0. The minimum absolute atomic E-state index is 0.980. The zero-order valence-corrected chi connectivity index (χ0v) is 19.0. The predicted molar refractivity (Wildman–Crippen MR) is 118 cm³/mol. The van der Waals surface area contributed by atoms with Crippen LogP contribution in [0.5, 0.6) is 0 Å². The first-order valence-corrected chi connectivity index (χ1v) is 13.1. The summed E-state index contributed by atoms with van der Waals surface area (Å²) in [6, 6.07) is 0. The van der Waals surface area contributed by atoms with E-state index in [9.17, 15) is 0 Å². The molecule has 156 valence electrons. The highest BCUT2D eigenvalue weighted by molar-refractivity contribution is 4.99. The van der Waals surface area contributed by atoms with Crippen LogP contribution in [0.15, 0.2) is 0 Å². The molecule has 0 aromatic heterocycles. The third-order valence-corrected chi connectivity index (χ3v) is 10.8. The Morgan fingerprint density at radius 2 is 0.741 bits per heavy atom. The minimum Gasteiger partial charge on any atom is -0.0620 e. The smallest absolute Gasteiger partial charge is 0.0352 e. The van der Waals surface area contributed by atoms with Gasteiger partial charge in [0.15, 0.2) is 0 Å².